The summed E-state index contributed by atoms with van der Waals surface area (Å²) in [5, 5.41) is 8.48. The van der Waals surface area contributed by atoms with Crippen LogP contribution in [-0.2, 0) is 4.79 Å². The SMILES string of the molecule is O=C(O)COc1ccccc1C=CCCl. The van der Waals surface area contributed by atoms with Crippen molar-refractivity contribution in [3.8, 4) is 5.75 Å². The predicted octanol–water partition coefficient (Wildman–Crippen LogP) is 2.40. The van der Waals surface area contributed by atoms with E-state index in [4.69, 9.17) is 21.4 Å². The van der Waals surface area contributed by atoms with Gasteiger partial charge < -0.3 is 9.84 Å². The molecule has 1 aromatic rings. The molecule has 80 valence electrons. The fraction of sp³-hybridized carbons (Fsp3) is 0.182. The second-order valence-electron chi connectivity index (χ2n) is 2.78. The molecule has 0 saturated carbocycles. The average Bonchev–Trinajstić information content (AvgIpc) is 2.24. The van der Waals surface area contributed by atoms with Gasteiger partial charge >= 0.3 is 5.97 Å². The summed E-state index contributed by atoms with van der Waals surface area (Å²) in [6, 6.07) is 7.19. The summed E-state index contributed by atoms with van der Waals surface area (Å²) in [4.78, 5) is 10.3. The Morgan fingerprint density at radius 3 is 2.87 bits per heavy atom. The van der Waals surface area contributed by atoms with Crippen molar-refractivity contribution in [3.05, 3.63) is 35.9 Å². The molecule has 0 bridgehead atoms. The number of allylic oxidation sites excluding steroid dienone is 1. The van der Waals surface area contributed by atoms with E-state index in [1.807, 2.05) is 12.1 Å². The molecule has 3 nitrogen and oxygen atoms in total. The van der Waals surface area contributed by atoms with Crippen molar-refractivity contribution in [3.63, 3.8) is 0 Å². The van der Waals surface area contributed by atoms with Gasteiger partial charge in [-0.2, -0.15) is 0 Å². The van der Waals surface area contributed by atoms with Crippen molar-refractivity contribution in [1.29, 1.82) is 0 Å². The first-order valence-corrected chi connectivity index (χ1v) is 4.93. The molecule has 0 unspecified atom stereocenters. The molecule has 0 saturated heterocycles. The van der Waals surface area contributed by atoms with Crippen molar-refractivity contribution in [2.75, 3.05) is 12.5 Å². The zero-order valence-electron chi connectivity index (χ0n) is 8.02. The van der Waals surface area contributed by atoms with E-state index >= 15 is 0 Å². The molecule has 0 aliphatic heterocycles. The number of benzene rings is 1. The second-order valence-corrected chi connectivity index (χ2v) is 3.09. The van der Waals surface area contributed by atoms with Gasteiger partial charge in [0.05, 0.1) is 0 Å². The third-order valence-electron chi connectivity index (χ3n) is 1.66. The van der Waals surface area contributed by atoms with Gasteiger partial charge in [0.1, 0.15) is 5.75 Å². The first kappa shape index (κ1) is 11.6. The fourth-order valence-corrected chi connectivity index (χ4v) is 1.15. The lowest BCUT2D eigenvalue weighted by atomic mass is 10.2. The van der Waals surface area contributed by atoms with Gasteiger partial charge in [-0.05, 0) is 6.07 Å². The van der Waals surface area contributed by atoms with Crippen LogP contribution in [0.4, 0.5) is 0 Å². The van der Waals surface area contributed by atoms with Crippen molar-refractivity contribution < 1.29 is 14.6 Å². The Bertz CT molecular complexity index is 361. The van der Waals surface area contributed by atoms with Crippen molar-refractivity contribution in [1.82, 2.24) is 0 Å². The lowest BCUT2D eigenvalue weighted by Gasteiger charge is -2.06. The zero-order valence-corrected chi connectivity index (χ0v) is 8.78. The minimum absolute atomic E-state index is 0.342. The monoisotopic (exact) mass is 226 g/mol. The van der Waals surface area contributed by atoms with Crippen molar-refractivity contribution in [2.24, 2.45) is 0 Å². The number of carbonyl (C=O) groups is 1. The Balaban J connectivity index is 2.76. The molecule has 0 aliphatic rings. The zero-order chi connectivity index (χ0) is 11.1. The molecule has 1 N–H and O–H groups in total. The van der Waals surface area contributed by atoms with Crippen LogP contribution in [0.2, 0.25) is 0 Å². The molecule has 15 heavy (non-hydrogen) atoms. The Morgan fingerprint density at radius 1 is 1.47 bits per heavy atom. The van der Waals surface area contributed by atoms with Crippen LogP contribution in [0.25, 0.3) is 6.08 Å². The molecule has 0 atom stereocenters. The number of halogens is 1. The van der Waals surface area contributed by atoms with Crippen LogP contribution < -0.4 is 4.74 Å². The summed E-state index contributed by atoms with van der Waals surface area (Å²) in [6.45, 7) is -0.342. The number of alkyl halides is 1. The highest BCUT2D eigenvalue weighted by Crippen LogP contribution is 2.19. The maximum absolute atomic E-state index is 10.3. The van der Waals surface area contributed by atoms with Crippen LogP contribution in [0.3, 0.4) is 0 Å². The second kappa shape index (κ2) is 6.09. The maximum Gasteiger partial charge on any atom is 0.341 e. The molecule has 0 amide bonds. The summed E-state index contributed by atoms with van der Waals surface area (Å²) >= 11 is 5.51. The molecular weight excluding hydrogens is 216 g/mol. The van der Waals surface area contributed by atoms with Crippen LogP contribution in [0.1, 0.15) is 5.56 Å². The topological polar surface area (TPSA) is 46.5 Å². The number of hydrogen-bond acceptors (Lipinski definition) is 2. The minimum Gasteiger partial charge on any atom is -0.481 e. The summed E-state index contributed by atoms with van der Waals surface area (Å²) in [5.74, 6) is -0.0415. The smallest absolute Gasteiger partial charge is 0.341 e. The van der Waals surface area contributed by atoms with E-state index in [2.05, 4.69) is 0 Å². The lowest BCUT2D eigenvalue weighted by Crippen LogP contribution is -2.09. The van der Waals surface area contributed by atoms with E-state index in [1.54, 1.807) is 24.3 Å². The molecule has 0 aromatic heterocycles. The van der Waals surface area contributed by atoms with Crippen LogP contribution >= 0.6 is 11.6 Å². The molecule has 1 aromatic carbocycles. The Labute approximate surface area is 92.9 Å². The highest BCUT2D eigenvalue weighted by molar-refractivity contribution is 6.19. The molecule has 0 fully saturated rings. The number of carboxylic acid groups (broad SMARTS) is 1. The lowest BCUT2D eigenvalue weighted by molar-refractivity contribution is -0.139. The van der Waals surface area contributed by atoms with Gasteiger partial charge in [-0.1, -0.05) is 30.4 Å². The van der Waals surface area contributed by atoms with Gasteiger partial charge in [0.25, 0.3) is 0 Å². The first-order valence-electron chi connectivity index (χ1n) is 4.40. The van der Waals surface area contributed by atoms with Crippen LogP contribution in [0.15, 0.2) is 30.3 Å². The third-order valence-corrected chi connectivity index (χ3v) is 1.83. The first-order chi connectivity index (χ1) is 7.24. The van der Waals surface area contributed by atoms with Gasteiger partial charge in [0, 0.05) is 11.4 Å². The number of hydrogen-bond donors (Lipinski definition) is 1. The maximum atomic E-state index is 10.3. The van der Waals surface area contributed by atoms with E-state index in [1.165, 1.54) is 0 Å². The average molecular weight is 227 g/mol. The number of aliphatic carboxylic acids is 1. The summed E-state index contributed by atoms with van der Waals surface area (Å²) in [5.41, 5.74) is 0.819. The van der Waals surface area contributed by atoms with E-state index in [0.717, 1.165) is 5.56 Å². The van der Waals surface area contributed by atoms with Crippen LogP contribution in [0, 0.1) is 0 Å². The number of para-hydroxylation sites is 1. The molecule has 0 radical (unpaired) electrons. The third kappa shape index (κ3) is 4.04. The molecule has 0 aliphatic carbocycles. The van der Waals surface area contributed by atoms with E-state index in [-0.39, 0.29) is 6.61 Å². The molecule has 1 rings (SSSR count). The summed E-state index contributed by atoms with van der Waals surface area (Å²) in [7, 11) is 0. The fourth-order valence-electron chi connectivity index (χ4n) is 1.06. The van der Waals surface area contributed by atoms with Crippen LogP contribution in [0.5, 0.6) is 5.75 Å². The number of ether oxygens (including phenoxy) is 1. The van der Waals surface area contributed by atoms with Gasteiger partial charge in [-0.3, -0.25) is 0 Å². The highest BCUT2D eigenvalue weighted by atomic mass is 35.5. The van der Waals surface area contributed by atoms with Crippen molar-refractivity contribution in [2.45, 2.75) is 0 Å². The quantitative estimate of drug-likeness (QED) is 0.785. The van der Waals surface area contributed by atoms with E-state index in [9.17, 15) is 4.79 Å². The standard InChI is InChI=1S/C11H11ClO3/c12-7-3-5-9-4-1-2-6-10(9)15-8-11(13)14/h1-6H,7-8H2,(H,13,14). The number of rotatable bonds is 5. The van der Waals surface area contributed by atoms with E-state index < -0.39 is 5.97 Å². The van der Waals surface area contributed by atoms with Crippen LogP contribution in [-0.4, -0.2) is 23.6 Å². The molecule has 4 heteroatoms. The van der Waals surface area contributed by atoms with Gasteiger partial charge in [0.2, 0.25) is 0 Å². The molecular formula is C11H11ClO3. The van der Waals surface area contributed by atoms with Gasteiger partial charge in [-0.25, -0.2) is 4.79 Å². The van der Waals surface area contributed by atoms with E-state index in [0.29, 0.717) is 11.6 Å². The normalized spacial score (nSPS) is 10.5. The summed E-state index contributed by atoms with van der Waals surface area (Å²) in [6.07, 6.45) is 3.56. The Kier molecular flexibility index (Phi) is 4.71. The summed E-state index contributed by atoms with van der Waals surface area (Å²) < 4.78 is 5.10. The Morgan fingerprint density at radius 2 is 2.20 bits per heavy atom. The highest BCUT2D eigenvalue weighted by Gasteiger charge is 2.02. The van der Waals surface area contributed by atoms with Gasteiger partial charge in [-0.15, -0.1) is 11.6 Å². The molecule has 0 heterocycles. The molecule has 0 spiro atoms. The minimum atomic E-state index is -0.994. The largest absolute Gasteiger partial charge is 0.481 e. The van der Waals surface area contributed by atoms with Gasteiger partial charge in [0.15, 0.2) is 6.61 Å². The Hall–Kier alpha value is -1.48. The number of carboxylic acids is 1. The predicted molar refractivity (Wildman–Crippen MR) is 59.3 cm³/mol. The van der Waals surface area contributed by atoms with Crippen molar-refractivity contribution >= 4 is 23.6 Å².